The Morgan fingerprint density at radius 2 is 2.18 bits per heavy atom. The highest BCUT2D eigenvalue weighted by atomic mass is 16.1. The molecular formula is C12H12N4O. The summed E-state index contributed by atoms with van der Waals surface area (Å²) in [5.41, 5.74) is 3.86. The second-order valence-corrected chi connectivity index (χ2v) is 4.18. The molecule has 1 aliphatic heterocycles. The molecule has 0 aliphatic carbocycles. The highest BCUT2D eigenvalue weighted by molar-refractivity contribution is 5.74. The summed E-state index contributed by atoms with van der Waals surface area (Å²) < 4.78 is 0. The number of aromatic nitrogens is 3. The van der Waals surface area contributed by atoms with Crippen LogP contribution in [-0.2, 0) is 19.6 Å². The van der Waals surface area contributed by atoms with E-state index in [1.54, 1.807) is 12.4 Å². The van der Waals surface area contributed by atoms with E-state index in [4.69, 9.17) is 0 Å². The fraction of sp³-hybridized carbons (Fsp3) is 0.250. The number of nitrogens with zero attached hydrogens (tertiary/aromatic N) is 3. The number of rotatable bonds is 3. The molecule has 3 heterocycles. The van der Waals surface area contributed by atoms with Gasteiger partial charge in [0.25, 0.3) is 0 Å². The first-order chi connectivity index (χ1) is 8.36. The molecule has 5 nitrogen and oxygen atoms in total. The maximum atomic E-state index is 10.8. The number of aromatic amines is 1. The molecule has 17 heavy (non-hydrogen) atoms. The second-order valence-electron chi connectivity index (χ2n) is 4.18. The third-order valence-corrected chi connectivity index (χ3v) is 3.02. The third-order valence-electron chi connectivity index (χ3n) is 3.02. The van der Waals surface area contributed by atoms with E-state index >= 15 is 0 Å². The van der Waals surface area contributed by atoms with Crippen molar-refractivity contribution in [3.63, 3.8) is 0 Å². The Balaban J connectivity index is 1.74. The minimum Gasteiger partial charge on any atom is -0.296 e. The van der Waals surface area contributed by atoms with Crippen molar-refractivity contribution in [1.82, 2.24) is 20.1 Å². The molecule has 0 amide bonds. The fourth-order valence-electron chi connectivity index (χ4n) is 2.18. The van der Waals surface area contributed by atoms with E-state index in [2.05, 4.69) is 20.1 Å². The van der Waals surface area contributed by atoms with Crippen molar-refractivity contribution >= 4 is 6.29 Å². The SMILES string of the molecule is O=Cc1n[nH]c2c1CN(Cc1ccncc1)C2. The lowest BCUT2D eigenvalue weighted by Gasteiger charge is -2.14. The van der Waals surface area contributed by atoms with E-state index in [-0.39, 0.29) is 0 Å². The van der Waals surface area contributed by atoms with Gasteiger partial charge in [-0.1, -0.05) is 0 Å². The molecule has 0 bridgehead atoms. The average molecular weight is 228 g/mol. The van der Waals surface area contributed by atoms with Gasteiger partial charge in [-0.05, 0) is 17.7 Å². The van der Waals surface area contributed by atoms with Crippen LogP contribution in [0.2, 0.25) is 0 Å². The van der Waals surface area contributed by atoms with Crippen molar-refractivity contribution in [2.24, 2.45) is 0 Å². The molecule has 5 heteroatoms. The van der Waals surface area contributed by atoms with Gasteiger partial charge in [0, 0.05) is 37.6 Å². The smallest absolute Gasteiger partial charge is 0.170 e. The number of pyridine rings is 1. The van der Waals surface area contributed by atoms with Gasteiger partial charge in [-0.25, -0.2) is 0 Å². The number of aldehydes is 1. The van der Waals surface area contributed by atoms with Gasteiger partial charge >= 0.3 is 0 Å². The fourth-order valence-corrected chi connectivity index (χ4v) is 2.18. The minimum atomic E-state index is 0.539. The van der Waals surface area contributed by atoms with Crippen LogP contribution >= 0.6 is 0 Å². The van der Waals surface area contributed by atoms with Crippen LogP contribution in [0.25, 0.3) is 0 Å². The quantitative estimate of drug-likeness (QED) is 0.800. The first kappa shape index (κ1) is 10.2. The number of fused-ring (bicyclic) bond motifs is 1. The van der Waals surface area contributed by atoms with Crippen molar-refractivity contribution in [1.29, 1.82) is 0 Å². The lowest BCUT2D eigenvalue weighted by molar-refractivity contribution is 0.111. The number of hydrogen-bond acceptors (Lipinski definition) is 4. The molecule has 0 spiro atoms. The van der Waals surface area contributed by atoms with Crippen molar-refractivity contribution in [3.8, 4) is 0 Å². The molecule has 3 rings (SSSR count). The highest BCUT2D eigenvalue weighted by Gasteiger charge is 2.24. The van der Waals surface area contributed by atoms with Gasteiger partial charge in [0.05, 0.1) is 5.69 Å². The zero-order chi connectivity index (χ0) is 11.7. The van der Waals surface area contributed by atoms with Crippen LogP contribution in [0, 0.1) is 0 Å². The number of hydrogen-bond donors (Lipinski definition) is 1. The molecule has 0 unspecified atom stereocenters. The van der Waals surface area contributed by atoms with Crippen LogP contribution in [0.3, 0.4) is 0 Å². The summed E-state index contributed by atoms with van der Waals surface area (Å²) in [5.74, 6) is 0. The predicted molar refractivity (Wildman–Crippen MR) is 61.2 cm³/mol. The van der Waals surface area contributed by atoms with Gasteiger partial charge < -0.3 is 0 Å². The standard InChI is InChI=1S/C12H12N4O/c17-8-12-10-6-16(7-11(10)14-15-12)5-9-1-3-13-4-2-9/h1-4,8H,5-7H2,(H,14,15). The summed E-state index contributed by atoms with van der Waals surface area (Å²) in [6, 6.07) is 4.01. The first-order valence-corrected chi connectivity index (χ1v) is 5.49. The molecule has 2 aromatic heterocycles. The Morgan fingerprint density at radius 3 is 2.94 bits per heavy atom. The van der Waals surface area contributed by atoms with E-state index in [1.807, 2.05) is 12.1 Å². The second kappa shape index (κ2) is 4.10. The maximum Gasteiger partial charge on any atom is 0.170 e. The summed E-state index contributed by atoms with van der Waals surface area (Å²) in [5, 5.41) is 6.89. The van der Waals surface area contributed by atoms with Crippen LogP contribution in [0.1, 0.15) is 27.3 Å². The lowest BCUT2D eigenvalue weighted by atomic mass is 10.2. The van der Waals surface area contributed by atoms with Gasteiger partial charge in [-0.2, -0.15) is 5.10 Å². The summed E-state index contributed by atoms with van der Waals surface area (Å²) in [6.45, 7) is 2.46. The van der Waals surface area contributed by atoms with Gasteiger partial charge in [0.1, 0.15) is 5.69 Å². The summed E-state index contributed by atoms with van der Waals surface area (Å²) in [6.07, 6.45) is 4.40. The van der Waals surface area contributed by atoms with Gasteiger partial charge in [0.2, 0.25) is 0 Å². The van der Waals surface area contributed by atoms with E-state index < -0.39 is 0 Å². The molecule has 86 valence electrons. The molecule has 0 fully saturated rings. The van der Waals surface area contributed by atoms with E-state index in [0.717, 1.165) is 37.2 Å². The Bertz CT molecular complexity index is 535. The molecule has 0 radical (unpaired) electrons. The van der Waals surface area contributed by atoms with E-state index in [1.165, 1.54) is 5.56 Å². The Morgan fingerprint density at radius 1 is 1.35 bits per heavy atom. The summed E-state index contributed by atoms with van der Waals surface area (Å²) in [4.78, 5) is 17.0. The molecule has 1 aliphatic rings. The number of carbonyl (C=O) groups is 1. The number of nitrogens with one attached hydrogen (secondary N) is 1. The van der Waals surface area contributed by atoms with E-state index in [9.17, 15) is 4.79 Å². The summed E-state index contributed by atoms with van der Waals surface area (Å²) >= 11 is 0. The topological polar surface area (TPSA) is 61.9 Å². The van der Waals surface area contributed by atoms with Crippen LogP contribution in [-0.4, -0.2) is 26.4 Å². The van der Waals surface area contributed by atoms with Crippen molar-refractivity contribution in [3.05, 3.63) is 47.0 Å². The highest BCUT2D eigenvalue weighted by Crippen LogP contribution is 2.24. The van der Waals surface area contributed by atoms with Crippen molar-refractivity contribution < 1.29 is 4.79 Å². The van der Waals surface area contributed by atoms with Crippen LogP contribution in [0.5, 0.6) is 0 Å². The normalized spacial score (nSPS) is 14.8. The van der Waals surface area contributed by atoms with Gasteiger partial charge in [0.15, 0.2) is 6.29 Å². The molecule has 0 saturated carbocycles. The number of carbonyl (C=O) groups excluding carboxylic acids is 1. The van der Waals surface area contributed by atoms with Crippen molar-refractivity contribution in [2.45, 2.75) is 19.6 Å². The zero-order valence-electron chi connectivity index (χ0n) is 9.26. The summed E-state index contributed by atoms with van der Waals surface area (Å²) in [7, 11) is 0. The van der Waals surface area contributed by atoms with E-state index in [0.29, 0.717) is 5.69 Å². The average Bonchev–Trinajstić information content (AvgIpc) is 2.89. The van der Waals surface area contributed by atoms with Gasteiger partial charge in [-0.3, -0.25) is 19.8 Å². The van der Waals surface area contributed by atoms with Gasteiger partial charge in [-0.15, -0.1) is 0 Å². The molecule has 1 N–H and O–H groups in total. The van der Waals surface area contributed by atoms with Crippen LogP contribution in [0.4, 0.5) is 0 Å². The molecular weight excluding hydrogens is 216 g/mol. The Labute approximate surface area is 98.5 Å². The monoisotopic (exact) mass is 228 g/mol. The molecule has 0 saturated heterocycles. The molecule has 0 atom stereocenters. The zero-order valence-corrected chi connectivity index (χ0v) is 9.26. The van der Waals surface area contributed by atoms with Crippen molar-refractivity contribution in [2.75, 3.05) is 0 Å². The Hall–Kier alpha value is -2.01. The number of H-pyrrole nitrogens is 1. The predicted octanol–water partition coefficient (Wildman–Crippen LogP) is 1.13. The molecule has 2 aromatic rings. The maximum absolute atomic E-state index is 10.8. The lowest BCUT2D eigenvalue weighted by Crippen LogP contribution is -2.16. The largest absolute Gasteiger partial charge is 0.296 e. The van der Waals surface area contributed by atoms with Crippen LogP contribution in [0.15, 0.2) is 24.5 Å². The molecule has 0 aromatic carbocycles. The minimum absolute atomic E-state index is 0.539. The Kier molecular flexibility index (Phi) is 2.45. The van der Waals surface area contributed by atoms with Crippen LogP contribution < -0.4 is 0 Å². The first-order valence-electron chi connectivity index (χ1n) is 5.49. The third kappa shape index (κ3) is 1.85.